The third-order valence-corrected chi connectivity index (χ3v) is 1.70. The lowest BCUT2D eigenvalue weighted by molar-refractivity contribution is -0.109. The van der Waals surface area contributed by atoms with Gasteiger partial charge in [0, 0.05) is 12.7 Å². The quantitative estimate of drug-likeness (QED) is 0.616. The van der Waals surface area contributed by atoms with Crippen LogP contribution in [0.4, 0.5) is 0 Å². The van der Waals surface area contributed by atoms with Crippen LogP contribution in [0.2, 0.25) is 0 Å². The van der Waals surface area contributed by atoms with Crippen molar-refractivity contribution in [1.29, 1.82) is 0 Å². The van der Waals surface area contributed by atoms with Crippen molar-refractivity contribution in [2.75, 3.05) is 12.4 Å². The van der Waals surface area contributed by atoms with Gasteiger partial charge in [0.1, 0.15) is 0 Å². The fourth-order valence-corrected chi connectivity index (χ4v) is 0.987. The molecule has 3 heteroatoms. The molecule has 66 valence electrons. The predicted molar refractivity (Wildman–Crippen MR) is 48.8 cm³/mol. The van der Waals surface area contributed by atoms with E-state index in [0.29, 0.717) is 6.61 Å². The molecule has 0 amide bonds. The van der Waals surface area contributed by atoms with Gasteiger partial charge in [0.25, 0.3) is 0 Å². The zero-order valence-corrected chi connectivity index (χ0v) is 8.46. The smallest absolute Gasteiger partial charge is 0.185 e. The van der Waals surface area contributed by atoms with Crippen molar-refractivity contribution in [2.24, 2.45) is 0 Å². The van der Waals surface area contributed by atoms with Crippen LogP contribution in [0, 0.1) is 0 Å². The van der Waals surface area contributed by atoms with Gasteiger partial charge in [-0.25, -0.2) is 0 Å². The third-order valence-electron chi connectivity index (χ3n) is 0.924. The molecule has 0 rings (SSSR count). The van der Waals surface area contributed by atoms with E-state index in [1.807, 2.05) is 20.8 Å². The van der Waals surface area contributed by atoms with E-state index in [9.17, 15) is 4.79 Å². The van der Waals surface area contributed by atoms with Gasteiger partial charge < -0.3 is 4.74 Å². The molecule has 0 aromatic rings. The van der Waals surface area contributed by atoms with Gasteiger partial charge in [0.15, 0.2) is 5.12 Å². The summed E-state index contributed by atoms with van der Waals surface area (Å²) < 4.78 is 5.41. The fourth-order valence-electron chi connectivity index (χ4n) is 0.533. The summed E-state index contributed by atoms with van der Waals surface area (Å²) >= 11 is 1.31. The molecule has 11 heavy (non-hydrogen) atoms. The second-order valence-electron chi connectivity index (χ2n) is 3.30. The highest BCUT2D eigenvalue weighted by Gasteiger charge is 2.09. The summed E-state index contributed by atoms with van der Waals surface area (Å²) in [5.74, 6) is 0.757. The van der Waals surface area contributed by atoms with Crippen molar-refractivity contribution in [2.45, 2.75) is 33.3 Å². The van der Waals surface area contributed by atoms with E-state index in [2.05, 4.69) is 0 Å². The van der Waals surface area contributed by atoms with Crippen molar-refractivity contribution in [3.8, 4) is 0 Å². The van der Waals surface area contributed by atoms with Crippen LogP contribution in [0.15, 0.2) is 0 Å². The SMILES string of the molecule is CC(=O)SCCOC(C)(C)C. The third kappa shape index (κ3) is 9.98. The molecule has 0 spiro atoms. The van der Waals surface area contributed by atoms with Crippen LogP contribution < -0.4 is 0 Å². The second-order valence-corrected chi connectivity index (χ2v) is 4.57. The van der Waals surface area contributed by atoms with Crippen molar-refractivity contribution in [3.05, 3.63) is 0 Å². The van der Waals surface area contributed by atoms with Gasteiger partial charge >= 0.3 is 0 Å². The Kier molecular flexibility index (Phi) is 4.77. The van der Waals surface area contributed by atoms with E-state index in [1.165, 1.54) is 11.8 Å². The Balaban J connectivity index is 3.22. The maximum absolute atomic E-state index is 10.5. The molecule has 2 nitrogen and oxygen atoms in total. The molecule has 0 aliphatic heterocycles. The summed E-state index contributed by atoms with van der Waals surface area (Å²) in [5.41, 5.74) is -0.0860. The van der Waals surface area contributed by atoms with Crippen molar-refractivity contribution in [1.82, 2.24) is 0 Å². The van der Waals surface area contributed by atoms with Crippen LogP contribution in [0.25, 0.3) is 0 Å². The summed E-state index contributed by atoms with van der Waals surface area (Å²) in [6.45, 7) is 8.23. The van der Waals surface area contributed by atoms with Crippen LogP contribution in [-0.4, -0.2) is 23.1 Å². The Labute approximate surface area is 72.7 Å². The number of rotatable bonds is 3. The topological polar surface area (TPSA) is 26.3 Å². The molecule has 0 aromatic carbocycles. The molecule has 0 bridgehead atoms. The summed E-state index contributed by atoms with van der Waals surface area (Å²) in [7, 11) is 0. The number of ether oxygens (including phenoxy) is 1. The van der Waals surface area contributed by atoms with Gasteiger partial charge in [-0.2, -0.15) is 0 Å². The average molecular weight is 176 g/mol. The molecular weight excluding hydrogens is 160 g/mol. The van der Waals surface area contributed by atoms with Crippen LogP contribution in [-0.2, 0) is 9.53 Å². The summed E-state index contributed by atoms with van der Waals surface area (Å²) in [5, 5.41) is 0.155. The molecule has 0 fully saturated rings. The molecule has 0 N–H and O–H groups in total. The Morgan fingerprint density at radius 3 is 2.36 bits per heavy atom. The fraction of sp³-hybridized carbons (Fsp3) is 0.875. The van der Waals surface area contributed by atoms with E-state index in [4.69, 9.17) is 4.74 Å². The summed E-state index contributed by atoms with van der Waals surface area (Å²) in [4.78, 5) is 10.5. The molecule has 0 aliphatic rings. The average Bonchev–Trinajstić information content (AvgIpc) is 1.78. The Morgan fingerprint density at radius 2 is 2.00 bits per heavy atom. The van der Waals surface area contributed by atoms with Crippen molar-refractivity contribution < 1.29 is 9.53 Å². The second kappa shape index (κ2) is 4.78. The lowest BCUT2D eigenvalue weighted by Crippen LogP contribution is -2.20. The van der Waals surface area contributed by atoms with E-state index >= 15 is 0 Å². The first-order valence-electron chi connectivity index (χ1n) is 3.69. The monoisotopic (exact) mass is 176 g/mol. The number of hydrogen-bond donors (Lipinski definition) is 0. The van der Waals surface area contributed by atoms with Gasteiger partial charge in [-0.15, -0.1) is 0 Å². The lowest BCUT2D eigenvalue weighted by atomic mass is 10.2. The molecule has 0 aliphatic carbocycles. The highest BCUT2D eigenvalue weighted by atomic mass is 32.2. The number of carbonyl (C=O) groups is 1. The highest BCUT2D eigenvalue weighted by molar-refractivity contribution is 8.13. The summed E-state index contributed by atoms with van der Waals surface area (Å²) in [6, 6.07) is 0. The van der Waals surface area contributed by atoms with Crippen LogP contribution in [0.3, 0.4) is 0 Å². The van der Waals surface area contributed by atoms with Gasteiger partial charge in [-0.05, 0) is 20.8 Å². The lowest BCUT2D eigenvalue weighted by Gasteiger charge is -2.18. The number of hydrogen-bond acceptors (Lipinski definition) is 3. The Hall–Kier alpha value is -0.0200. The van der Waals surface area contributed by atoms with Crippen molar-refractivity contribution >= 4 is 16.9 Å². The molecule has 0 unspecified atom stereocenters. The standard InChI is InChI=1S/C8H16O2S/c1-7(9)11-6-5-10-8(2,3)4/h5-6H2,1-4H3. The maximum Gasteiger partial charge on any atom is 0.185 e. The first-order valence-corrected chi connectivity index (χ1v) is 4.68. The molecule has 0 heterocycles. The first kappa shape index (κ1) is 11.0. The zero-order valence-electron chi connectivity index (χ0n) is 7.64. The first-order chi connectivity index (χ1) is 4.92. The van der Waals surface area contributed by atoms with Gasteiger partial charge in [-0.1, -0.05) is 11.8 Å². The normalized spacial score (nSPS) is 11.6. The minimum atomic E-state index is -0.0860. The number of carbonyl (C=O) groups excluding carboxylic acids is 1. The largest absolute Gasteiger partial charge is 0.375 e. The molecule has 0 atom stereocenters. The molecule has 0 aromatic heterocycles. The van der Waals surface area contributed by atoms with E-state index in [1.54, 1.807) is 6.92 Å². The maximum atomic E-state index is 10.5. The van der Waals surface area contributed by atoms with E-state index in [-0.39, 0.29) is 10.7 Å². The Bertz CT molecular complexity index is 127. The van der Waals surface area contributed by atoms with Crippen LogP contribution in [0.1, 0.15) is 27.7 Å². The molecular formula is C8H16O2S. The molecule has 0 radical (unpaired) electrons. The zero-order chi connectivity index (χ0) is 8.91. The summed E-state index contributed by atoms with van der Waals surface area (Å²) in [6.07, 6.45) is 0. The van der Waals surface area contributed by atoms with Crippen LogP contribution in [0.5, 0.6) is 0 Å². The van der Waals surface area contributed by atoms with Gasteiger partial charge in [0.2, 0.25) is 0 Å². The molecule has 0 saturated carbocycles. The Morgan fingerprint density at radius 1 is 1.45 bits per heavy atom. The van der Waals surface area contributed by atoms with E-state index in [0.717, 1.165) is 5.75 Å². The van der Waals surface area contributed by atoms with Crippen LogP contribution >= 0.6 is 11.8 Å². The van der Waals surface area contributed by atoms with E-state index < -0.39 is 0 Å². The van der Waals surface area contributed by atoms with Gasteiger partial charge in [-0.3, -0.25) is 4.79 Å². The highest BCUT2D eigenvalue weighted by Crippen LogP contribution is 2.08. The minimum absolute atomic E-state index is 0.0860. The molecule has 0 saturated heterocycles. The van der Waals surface area contributed by atoms with Crippen molar-refractivity contribution in [3.63, 3.8) is 0 Å². The predicted octanol–water partition coefficient (Wildman–Crippen LogP) is 2.08. The number of thioether (sulfide) groups is 1. The minimum Gasteiger partial charge on any atom is -0.375 e. The van der Waals surface area contributed by atoms with Gasteiger partial charge in [0.05, 0.1) is 12.2 Å².